The Labute approximate surface area is 110 Å². The lowest BCUT2D eigenvalue weighted by atomic mass is 9.63. The van der Waals surface area contributed by atoms with E-state index < -0.39 is 17.5 Å². The molecule has 0 nitrogen and oxygen atoms in total. The van der Waals surface area contributed by atoms with Crippen LogP contribution in [0, 0.1) is 22.7 Å². The van der Waals surface area contributed by atoms with Crippen LogP contribution in [0.2, 0.25) is 0 Å². The van der Waals surface area contributed by atoms with Gasteiger partial charge in [-0.2, -0.15) is 13.2 Å². The van der Waals surface area contributed by atoms with Gasteiger partial charge in [-0.3, -0.25) is 0 Å². The van der Waals surface area contributed by atoms with Crippen LogP contribution in [0.5, 0.6) is 0 Å². The number of halogens is 3. The van der Waals surface area contributed by atoms with Crippen molar-refractivity contribution in [3.8, 4) is 0 Å². The zero-order chi connectivity index (χ0) is 14.9. The van der Waals surface area contributed by atoms with E-state index in [0.717, 1.165) is 0 Å². The zero-order valence-corrected chi connectivity index (χ0v) is 12.7. The number of hydrogen-bond donors (Lipinski definition) is 0. The second-order valence-corrected chi connectivity index (χ2v) is 7.13. The van der Waals surface area contributed by atoms with Gasteiger partial charge in [0, 0.05) is 0 Å². The van der Waals surface area contributed by atoms with Gasteiger partial charge < -0.3 is 0 Å². The summed E-state index contributed by atoms with van der Waals surface area (Å²) in [6, 6.07) is 0. The van der Waals surface area contributed by atoms with Crippen molar-refractivity contribution in [2.45, 2.75) is 61.1 Å². The molecule has 1 atom stereocenters. The Hall–Kier alpha value is -0.470. The van der Waals surface area contributed by atoms with Gasteiger partial charge >= 0.3 is 6.18 Å². The Kier molecular flexibility index (Phi) is 5.12. The van der Waals surface area contributed by atoms with E-state index in [-0.39, 0.29) is 11.0 Å². The van der Waals surface area contributed by atoms with E-state index in [4.69, 9.17) is 0 Å². The molecule has 0 fully saturated rings. The SMILES string of the molecule is C=C(C)C(C(F)(F)F)C(C)(C)CC(C)(C)C(C)C. The molecule has 0 rings (SSSR count). The first-order chi connectivity index (χ1) is 7.72. The average Bonchev–Trinajstić information content (AvgIpc) is 1.94. The van der Waals surface area contributed by atoms with E-state index in [0.29, 0.717) is 12.3 Å². The minimum atomic E-state index is -4.22. The summed E-state index contributed by atoms with van der Waals surface area (Å²) >= 11 is 0. The van der Waals surface area contributed by atoms with Crippen molar-refractivity contribution in [3.63, 3.8) is 0 Å². The fourth-order valence-electron chi connectivity index (χ4n) is 2.87. The van der Waals surface area contributed by atoms with Crippen LogP contribution in [-0.2, 0) is 0 Å². The number of allylic oxidation sites excluding steroid dienone is 1. The minimum absolute atomic E-state index is 0.123. The van der Waals surface area contributed by atoms with Crippen molar-refractivity contribution in [3.05, 3.63) is 12.2 Å². The molecule has 0 aromatic carbocycles. The lowest BCUT2D eigenvalue weighted by molar-refractivity contribution is -0.194. The number of alkyl halides is 3. The molecule has 0 saturated carbocycles. The van der Waals surface area contributed by atoms with Crippen LogP contribution in [0.1, 0.15) is 54.9 Å². The molecule has 3 heteroatoms. The molecule has 0 N–H and O–H groups in total. The van der Waals surface area contributed by atoms with Crippen molar-refractivity contribution in [1.29, 1.82) is 0 Å². The molecule has 0 aliphatic carbocycles. The van der Waals surface area contributed by atoms with Gasteiger partial charge in [0.05, 0.1) is 5.92 Å². The maximum atomic E-state index is 13.2. The minimum Gasteiger partial charge on any atom is -0.170 e. The Morgan fingerprint density at radius 3 is 1.61 bits per heavy atom. The van der Waals surface area contributed by atoms with Crippen molar-refractivity contribution in [1.82, 2.24) is 0 Å². The Morgan fingerprint density at radius 2 is 1.39 bits per heavy atom. The predicted molar refractivity (Wildman–Crippen MR) is 71.4 cm³/mol. The van der Waals surface area contributed by atoms with Gasteiger partial charge in [0.25, 0.3) is 0 Å². The van der Waals surface area contributed by atoms with Crippen LogP contribution in [0.3, 0.4) is 0 Å². The Morgan fingerprint density at radius 1 is 1.00 bits per heavy atom. The predicted octanol–water partition coefficient (Wildman–Crippen LogP) is 5.84. The van der Waals surface area contributed by atoms with Gasteiger partial charge in [-0.1, -0.05) is 53.7 Å². The summed E-state index contributed by atoms with van der Waals surface area (Å²) in [6.07, 6.45) is -3.70. The second kappa shape index (κ2) is 5.26. The van der Waals surface area contributed by atoms with E-state index in [2.05, 4.69) is 20.4 Å². The highest BCUT2D eigenvalue weighted by molar-refractivity contribution is 5.07. The molecule has 1 unspecified atom stereocenters. The number of rotatable bonds is 5. The molecule has 0 heterocycles. The molecule has 0 radical (unpaired) electrons. The summed E-state index contributed by atoms with van der Waals surface area (Å²) in [4.78, 5) is 0. The molecule has 0 amide bonds. The lowest BCUT2D eigenvalue weighted by Gasteiger charge is -2.43. The molecule has 0 saturated heterocycles. The molecule has 0 aliphatic heterocycles. The largest absolute Gasteiger partial charge is 0.395 e. The Bertz CT molecular complexity index is 295. The first kappa shape index (κ1) is 17.5. The summed E-state index contributed by atoms with van der Waals surface area (Å²) in [5.74, 6) is -1.10. The molecular formula is C15H27F3. The van der Waals surface area contributed by atoms with Gasteiger partial charge in [0.1, 0.15) is 0 Å². The van der Waals surface area contributed by atoms with Crippen LogP contribution < -0.4 is 0 Å². The second-order valence-electron chi connectivity index (χ2n) is 7.13. The third kappa shape index (κ3) is 4.33. The third-order valence-electron chi connectivity index (χ3n) is 4.08. The van der Waals surface area contributed by atoms with E-state index in [1.165, 1.54) is 6.92 Å². The van der Waals surface area contributed by atoms with E-state index in [9.17, 15) is 13.2 Å². The van der Waals surface area contributed by atoms with E-state index in [1.807, 2.05) is 13.8 Å². The van der Waals surface area contributed by atoms with Crippen LogP contribution in [-0.4, -0.2) is 6.18 Å². The fraction of sp³-hybridized carbons (Fsp3) is 0.867. The molecule has 0 aromatic heterocycles. The highest BCUT2D eigenvalue weighted by Crippen LogP contribution is 2.50. The van der Waals surface area contributed by atoms with Crippen LogP contribution in [0.4, 0.5) is 13.2 Å². The van der Waals surface area contributed by atoms with Crippen molar-refractivity contribution in [2.24, 2.45) is 22.7 Å². The van der Waals surface area contributed by atoms with Gasteiger partial charge in [0.2, 0.25) is 0 Å². The standard InChI is InChI=1S/C15H27F3/c1-10(2)12(15(16,17)18)14(7,8)9-13(5,6)11(3)4/h11-12H,1,9H2,2-8H3. The quantitative estimate of drug-likeness (QED) is 0.547. The highest BCUT2D eigenvalue weighted by Gasteiger charge is 2.50. The summed E-state index contributed by atoms with van der Waals surface area (Å²) in [7, 11) is 0. The molecule has 0 spiro atoms. The highest BCUT2D eigenvalue weighted by atomic mass is 19.4. The topological polar surface area (TPSA) is 0 Å². The number of hydrogen-bond acceptors (Lipinski definition) is 0. The molecule has 108 valence electrons. The van der Waals surface area contributed by atoms with E-state index >= 15 is 0 Å². The molecular weight excluding hydrogens is 237 g/mol. The first-order valence-corrected chi connectivity index (χ1v) is 6.44. The van der Waals surface area contributed by atoms with Crippen molar-refractivity contribution < 1.29 is 13.2 Å². The molecule has 18 heavy (non-hydrogen) atoms. The Balaban J connectivity index is 5.28. The van der Waals surface area contributed by atoms with E-state index in [1.54, 1.807) is 13.8 Å². The zero-order valence-electron chi connectivity index (χ0n) is 12.7. The van der Waals surface area contributed by atoms with Crippen LogP contribution in [0.15, 0.2) is 12.2 Å². The van der Waals surface area contributed by atoms with Gasteiger partial charge in [-0.15, -0.1) is 0 Å². The van der Waals surface area contributed by atoms with Gasteiger partial charge in [-0.25, -0.2) is 0 Å². The van der Waals surface area contributed by atoms with Crippen LogP contribution >= 0.6 is 0 Å². The average molecular weight is 264 g/mol. The lowest BCUT2D eigenvalue weighted by Crippen LogP contribution is -2.40. The summed E-state index contributed by atoms with van der Waals surface area (Å²) in [5, 5.41) is 0. The molecule has 0 aromatic rings. The smallest absolute Gasteiger partial charge is 0.170 e. The van der Waals surface area contributed by atoms with Gasteiger partial charge in [0.15, 0.2) is 0 Å². The van der Waals surface area contributed by atoms with Crippen molar-refractivity contribution in [2.75, 3.05) is 0 Å². The normalized spacial score (nSPS) is 15.9. The summed E-state index contributed by atoms with van der Waals surface area (Å²) in [6.45, 7) is 16.6. The van der Waals surface area contributed by atoms with Crippen LogP contribution in [0.25, 0.3) is 0 Å². The summed E-state index contributed by atoms with van der Waals surface area (Å²) < 4.78 is 39.5. The molecule has 0 bridgehead atoms. The monoisotopic (exact) mass is 264 g/mol. The summed E-state index contributed by atoms with van der Waals surface area (Å²) in [5.41, 5.74) is -0.757. The van der Waals surface area contributed by atoms with Gasteiger partial charge in [-0.05, 0) is 30.1 Å². The fourth-order valence-corrected chi connectivity index (χ4v) is 2.87. The third-order valence-corrected chi connectivity index (χ3v) is 4.08. The first-order valence-electron chi connectivity index (χ1n) is 6.44. The molecule has 0 aliphatic rings. The maximum Gasteiger partial charge on any atom is 0.395 e. The van der Waals surface area contributed by atoms with Crippen molar-refractivity contribution >= 4 is 0 Å². The maximum absolute atomic E-state index is 13.2.